The maximum atomic E-state index is 12.4. The van der Waals surface area contributed by atoms with E-state index in [0.717, 1.165) is 42.6 Å². The standard InChI is InChI=1S/C20H28N4O2S/c1-20(2,3)18(16-5-4-12-27-16)23-19(25)22-14-15-6-7-17(21-13-15)24-8-10-26-11-9-24/h4-7,12-13,18H,8-11,14H2,1-3H3,(H2,22,23,25)/t18-/m1/s1. The summed E-state index contributed by atoms with van der Waals surface area (Å²) in [6, 6.07) is 7.90. The molecule has 27 heavy (non-hydrogen) atoms. The Morgan fingerprint density at radius 1 is 1.30 bits per heavy atom. The third kappa shape index (κ3) is 5.43. The number of nitrogens with zero attached hydrogens (tertiary/aromatic N) is 2. The van der Waals surface area contributed by atoms with Crippen LogP contribution in [-0.4, -0.2) is 37.3 Å². The Labute approximate surface area is 164 Å². The molecule has 146 valence electrons. The number of urea groups is 1. The minimum Gasteiger partial charge on any atom is -0.378 e. The second-order valence-corrected chi connectivity index (χ2v) is 8.74. The van der Waals surface area contributed by atoms with Crippen LogP contribution in [0.25, 0.3) is 0 Å². The number of pyridine rings is 1. The highest BCUT2D eigenvalue weighted by molar-refractivity contribution is 7.10. The smallest absolute Gasteiger partial charge is 0.315 e. The van der Waals surface area contributed by atoms with Crippen molar-refractivity contribution in [2.45, 2.75) is 33.4 Å². The molecule has 1 aliphatic heterocycles. The molecule has 1 atom stereocenters. The number of carbonyl (C=O) groups is 1. The van der Waals surface area contributed by atoms with Crippen molar-refractivity contribution in [3.63, 3.8) is 0 Å². The minimum absolute atomic E-state index is 0.0284. The molecular formula is C20H28N4O2S. The van der Waals surface area contributed by atoms with Gasteiger partial charge in [-0.3, -0.25) is 0 Å². The van der Waals surface area contributed by atoms with Gasteiger partial charge in [0.1, 0.15) is 5.82 Å². The largest absolute Gasteiger partial charge is 0.378 e. The van der Waals surface area contributed by atoms with Crippen molar-refractivity contribution in [1.29, 1.82) is 0 Å². The zero-order valence-corrected chi connectivity index (χ0v) is 17.0. The third-order valence-electron chi connectivity index (χ3n) is 4.57. The zero-order valence-electron chi connectivity index (χ0n) is 16.2. The van der Waals surface area contributed by atoms with E-state index in [4.69, 9.17) is 4.74 Å². The zero-order chi connectivity index (χ0) is 19.3. The highest BCUT2D eigenvalue weighted by atomic mass is 32.1. The first-order chi connectivity index (χ1) is 12.9. The van der Waals surface area contributed by atoms with Crippen LogP contribution >= 0.6 is 11.3 Å². The number of hydrogen-bond acceptors (Lipinski definition) is 5. The lowest BCUT2D eigenvalue weighted by Crippen LogP contribution is -2.42. The molecule has 2 amide bonds. The number of amides is 2. The minimum atomic E-state index is -0.166. The van der Waals surface area contributed by atoms with Crippen LogP contribution in [-0.2, 0) is 11.3 Å². The van der Waals surface area contributed by atoms with Crippen LogP contribution in [0.15, 0.2) is 35.8 Å². The number of morpholine rings is 1. The van der Waals surface area contributed by atoms with Gasteiger partial charge in [0, 0.05) is 30.7 Å². The maximum absolute atomic E-state index is 12.4. The molecule has 0 radical (unpaired) electrons. The van der Waals surface area contributed by atoms with Crippen LogP contribution in [0.4, 0.5) is 10.6 Å². The molecule has 1 aliphatic rings. The van der Waals surface area contributed by atoms with Gasteiger partial charge in [-0.25, -0.2) is 9.78 Å². The fraction of sp³-hybridized carbons (Fsp3) is 0.500. The van der Waals surface area contributed by atoms with E-state index >= 15 is 0 Å². The topological polar surface area (TPSA) is 66.5 Å². The van der Waals surface area contributed by atoms with Gasteiger partial charge in [-0.1, -0.05) is 32.9 Å². The summed E-state index contributed by atoms with van der Waals surface area (Å²) in [7, 11) is 0. The molecule has 7 heteroatoms. The molecule has 0 spiro atoms. The first kappa shape index (κ1) is 19.6. The Kier molecular flexibility index (Phi) is 6.34. The molecule has 0 aromatic carbocycles. The van der Waals surface area contributed by atoms with Crippen LogP contribution in [0.1, 0.15) is 37.3 Å². The molecular weight excluding hydrogens is 360 g/mol. The number of thiophene rings is 1. The summed E-state index contributed by atoms with van der Waals surface area (Å²) < 4.78 is 5.37. The van der Waals surface area contributed by atoms with E-state index in [-0.39, 0.29) is 17.5 Å². The van der Waals surface area contributed by atoms with Crippen LogP contribution < -0.4 is 15.5 Å². The third-order valence-corrected chi connectivity index (χ3v) is 5.50. The van der Waals surface area contributed by atoms with Gasteiger partial charge in [0.2, 0.25) is 0 Å². The van der Waals surface area contributed by atoms with Crippen molar-refractivity contribution in [3.05, 3.63) is 46.3 Å². The molecule has 3 rings (SSSR count). The Morgan fingerprint density at radius 2 is 2.07 bits per heavy atom. The first-order valence-corrected chi connectivity index (χ1v) is 10.2. The summed E-state index contributed by atoms with van der Waals surface area (Å²) >= 11 is 1.66. The molecule has 1 saturated heterocycles. The molecule has 6 nitrogen and oxygen atoms in total. The van der Waals surface area contributed by atoms with Gasteiger partial charge in [0.15, 0.2) is 0 Å². The molecule has 0 unspecified atom stereocenters. The van der Waals surface area contributed by atoms with Crippen molar-refractivity contribution >= 4 is 23.2 Å². The Bertz CT molecular complexity index is 719. The van der Waals surface area contributed by atoms with Gasteiger partial charge in [-0.2, -0.15) is 0 Å². The van der Waals surface area contributed by atoms with E-state index in [2.05, 4.69) is 47.4 Å². The van der Waals surface area contributed by atoms with Crippen LogP contribution in [0.2, 0.25) is 0 Å². The van der Waals surface area contributed by atoms with E-state index < -0.39 is 0 Å². The monoisotopic (exact) mass is 388 g/mol. The molecule has 0 saturated carbocycles. The van der Waals surface area contributed by atoms with Gasteiger partial charge >= 0.3 is 6.03 Å². The average molecular weight is 389 g/mol. The van der Waals surface area contributed by atoms with Crippen molar-refractivity contribution in [2.75, 3.05) is 31.2 Å². The molecule has 1 fully saturated rings. The summed E-state index contributed by atoms with van der Waals surface area (Å²) in [5, 5.41) is 8.09. The van der Waals surface area contributed by atoms with Crippen molar-refractivity contribution in [3.8, 4) is 0 Å². The van der Waals surface area contributed by atoms with Crippen LogP contribution in [0, 0.1) is 5.41 Å². The second-order valence-electron chi connectivity index (χ2n) is 7.77. The highest BCUT2D eigenvalue weighted by Gasteiger charge is 2.28. The fourth-order valence-electron chi connectivity index (χ4n) is 3.04. The average Bonchev–Trinajstić information content (AvgIpc) is 3.19. The molecule has 0 aliphatic carbocycles. The predicted molar refractivity (Wildman–Crippen MR) is 109 cm³/mol. The molecule has 2 aromatic rings. The Hall–Kier alpha value is -2.12. The number of anilines is 1. The van der Waals surface area contributed by atoms with Gasteiger partial charge in [0.05, 0.1) is 19.3 Å². The van der Waals surface area contributed by atoms with Crippen molar-refractivity contribution < 1.29 is 9.53 Å². The normalized spacial score (nSPS) is 16.0. The van der Waals surface area contributed by atoms with Crippen molar-refractivity contribution in [1.82, 2.24) is 15.6 Å². The van der Waals surface area contributed by atoms with Crippen molar-refractivity contribution in [2.24, 2.45) is 5.41 Å². The number of ether oxygens (including phenoxy) is 1. The van der Waals surface area contributed by atoms with E-state index in [1.54, 1.807) is 11.3 Å². The van der Waals surface area contributed by atoms with E-state index in [1.807, 2.05) is 29.8 Å². The lowest BCUT2D eigenvalue weighted by Gasteiger charge is -2.30. The van der Waals surface area contributed by atoms with Gasteiger partial charge in [0.25, 0.3) is 0 Å². The summed E-state index contributed by atoms with van der Waals surface area (Å²) in [6.45, 7) is 10.1. The van der Waals surface area contributed by atoms with E-state index in [1.165, 1.54) is 0 Å². The predicted octanol–water partition coefficient (Wildman–Crippen LogP) is 3.57. The number of nitrogens with one attached hydrogen (secondary N) is 2. The first-order valence-electron chi connectivity index (χ1n) is 9.29. The number of hydrogen-bond donors (Lipinski definition) is 2. The lowest BCUT2D eigenvalue weighted by atomic mass is 9.86. The maximum Gasteiger partial charge on any atom is 0.315 e. The Balaban J connectivity index is 1.53. The summed E-state index contributed by atoms with van der Waals surface area (Å²) in [5.74, 6) is 0.956. The van der Waals surface area contributed by atoms with Crippen LogP contribution in [0.3, 0.4) is 0 Å². The number of carbonyl (C=O) groups excluding carboxylic acids is 1. The van der Waals surface area contributed by atoms with Gasteiger partial charge in [-0.05, 0) is 28.5 Å². The number of aromatic nitrogens is 1. The molecule has 2 aromatic heterocycles. The lowest BCUT2D eigenvalue weighted by molar-refractivity contribution is 0.122. The van der Waals surface area contributed by atoms with E-state index in [9.17, 15) is 4.79 Å². The quantitative estimate of drug-likeness (QED) is 0.822. The Morgan fingerprint density at radius 3 is 2.67 bits per heavy atom. The van der Waals surface area contributed by atoms with E-state index in [0.29, 0.717) is 6.54 Å². The van der Waals surface area contributed by atoms with Gasteiger partial charge < -0.3 is 20.3 Å². The van der Waals surface area contributed by atoms with Crippen LogP contribution in [0.5, 0.6) is 0 Å². The highest BCUT2D eigenvalue weighted by Crippen LogP contribution is 2.34. The molecule has 3 heterocycles. The second kappa shape index (κ2) is 8.71. The van der Waals surface area contributed by atoms with Gasteiger partial charge in [-0.15, -0.1) is 11.3 Å². The summed E-state index contributed by atoms with van der Waals surface area (Å²) in [5.41, 5.74) is 0.911. The SMILES string of the molecule is CC(C)(C)[C@H](NC(=O)NCc1ccc(N2CCOCC2)nc1)c1cccs1. The summed E-state index contributed by atoms with van der Waals surface area (Å²) in [6.07, 6.45) is 1.82. The molecule has 0 bridgehead atoms. The summed E-state index contributed by atoms with van der Waals surface area (Å²) in [4.78, 5) is 20.3. The number of rotatable bonds is 5. The fourth-order valence-corrected chi connectivity index (χ4v) is 4.06. The molecule has 2 N–H and O–H groups in total.